The molecule has 122 valence electrons. The Morgan fingerprint density at radius 1 is 1.21 bits per heavy atom. The quantitative estimate of drug-likeness (QED) is 0.776. The van der Waals surface area contributed by atoms with Crippen molar-refractivity contribution in [2.45, 2.75) is 18.9 Å². The molecule has 2 aromatic heterocycles. The van der Waals surface area contributed by atoms with Gasteiger partial charge in [-0.3, -0.25) is 14.3 Å². The topological polar surface area (TPSA) is 83.9 Å². The molecular weight excluding hydrogens is 306 g/mol. The van der Waals surface area contributed by atoms with E-state index in [1.54, 1.807) is 29.3 Å². The van der Waals surface area contributed by atoms with E-state index in [4.69, 9.17) is 0 Å². The zero-order chi connectivity index (χ0) is 16.5. The summed E-state index contributed by atoms with van der Waals surface area (Å²) in [5.41, 5.74) is 0.0153. The molecule has 7 nitrogen and oxygen atoms in total. The van der Waals surface area contributed by atoms with Crippen LogP contribution in [0.1, 0.15) is 29.4 Å². The van der Waals surface area contributed by atoms with E-state index in [1.807, 2.05) is 23.0 Å². The lowest BCUT2D eigenvalue weighted by Gasteiger charge is -2.32. The Morgan fingerprint density at radius 2 is 2.04 bits per heavy atom. The molecule has 1 fully saturated rings. The van der Waals surface area contributed by atoms with Crippen LogP contribution in [0.2, 0.25) is 0 Å². The number of aromatic amines is 1. The molecule has 7 heteroatoms. The Hall–Kier alpha value is -2.96. The van der Waals surface area contributed by atoms with Gasteiger partial charge in [-0.05, 0) is 25.0 Å². The lowest BCUT2D eigenvalue weighted by molar-refractivity contribution is 0.0668. The van der Waals surface area contributed by atoms with Crippen LogP contribution in [0.4, 0.5) is 0 Å². The molecule has 1 amide bonds. The number of hydrogen-bond acceptors (Lipinski definition) is 4. The van der Waals surface area contributed by atoms with E-state index in [0.29, 0.717) is 29.6 Å². The van der Waals surface area contributed by atoms with E-state index in [2.05, 4.69) is 15.3 Å². The Morgan fingerprint density at radius 3 is 2.83 bits per heavy atom. The van der Waals surface area contributed by atoms with Crippen molar-refractivity contribution in [1.82, 2.24) is 24.9 Å². The number of carbonyl (C=O) groups excluding carboxylic acids is 1. The summed E-state index contributed by atoms with van der Waals surface area (Å²) < 4.78 is 1.90. The summed E-state index contributed by atoms with van der Waals surface area (Å²) >= 11 is 0. The monoisotopic (exact) mass is 323 g/mol. The third kappa shape index (κ3) is 2.47. The van der Waals surface area contributed by atoms with Gasteiger partial charge in [-0.2, -0.15) is 10.2 Å². The molecule has 0 unspecified atom stereocenters. The summed E-state index contributed by atoms with van der Waals surface area (Å²) in [4.78, 5) is 26.6. The van der Waals surface area contributed by atoms with Crippen molar-refractivity contribution < 1.29 is 4.79 Å². The number of nitrogens with one attached hydrogen (secondary N) is 1. The maximum Gasteiger partial charge on any atom is 0.275 e. The molecule has 0 aliphatic carbocycles. The Kier molecular flexibility index (Phi) is 3.60. The fourth-order valence-corrected chi connectivity index (χ4v) is 3.28. The van der Waals surface area contributed by atoms with Gasteiger partial charge in [0.1, 0.15) is 0 Å². The molecule has 1 N–H and O–H groups in total. The summed E-state index contributed by atoms with van der Waals surface area (Å²) in [7, 11) is 0. The zero-order valence-corrected chi connectivity index (χ0v) is 13.1. The van der Waals surface area contributed by atoms with E-state index in [0.717, 1.165) is 12.8 Å². The number of amides is 1. The van der Waals surface area contributed by atoms with Crippen LogP contribution >= 0.6 is 0 Å². The van der Waals surface area contributed by atoms with Crippen molar-refractivity contribution in [2.24, 2.45) is 0 Å². The number of fused-ring (bicyclic) bond motifs is 1. The molecule has 1 aromatic carbocycles. The number of likely N-dealkylation sites (tertiary alicyclic amines) is 1. The van der Waals surface area contributed by atoms with E-state index in [9.17, 15) is 9.59 Å². The Labute approximate surface area is 137 Å². The van der Waals surface area contributed by atoms with Crippen molar-refractivity contribution in [3.8, 4) is 0 Å². The standard InChI is InChI=1S/C17H17N5O2/c23-16-14-7-2-1-6-13(14)15(19-20-16)17(24)21-9-3-5-12(11-21)22-10-4-8-18-22/h1-2,4,6-8,10,12H,3,5,9,11H2,(H,20,23)/t12-/m0/s1. The van der Waals surface area contributed by atoms with E-state index in [-0.39, 0.29) is 17.5 Å². The van der Waals surface area contributed by atoms with Crippen molar-refractivity contribution in [3.63, 3.8) is 0 Å². The van der Waals surface area contributed by atoms with Gasteiger partial charge in [0.05, 0.1) is 11.4 Å². The normalized spacial score (nSPS) is 18.0. The number of aromatic nitrogens is 4. The maximum atomic E-state index is 13.0. The van der Waals surface area contributed by atoms with Gasteiger partial charge in [-0.25, -0.2) is 5.10 Å². The summed E-state index contributed by atoms with van der Waals surface area (Å²) in [6, 6.07) is 9.11. The molecule has 4 rings (SSSR count). The van der Waals surface area contributed by atoms with Gasteiger partial charge in [-0.1, -0.05) is 18.2 Å². The van der Waals surface area contributed by atoms with Crippen molar-refractivity contribution >= 4 is 16.7 Å². The predicted molar refractivity (Wildman–Crippen MR) is 88.8 cm³/mol. The first kappa shape index (κ1) is 14.6. The molecule has 1 atom stereocenters. The second-order valence-corrected chi connectivity index (χ2v) is 5.98. The maximum absolute atomic E-state index is 13.0. The van der Waals surface area contributed by atoms with Crippen LogP contribution in [0.25, 0.3) is 10.8 Å². The molecule has 0 spiro atoms. The Balaban J connectivity index is 1.66. The van der Waals surface area contributed by atoms with Crippen LogP contribution in [-0.2, 0) is 0 Å². The molecule has 1 saturated heterocycles. The van der Waals surface area contributed by atoms with Gasteiger partial charge in [-0.15, -0.1) is 0 Å². The minimum atomic E-state index is -0.282. The zero-order valence-electron chi connectivity index (χ0n) is 13.1. The first-order chi connectivity index (χ1) is 11.7. The number of hydrogen-bond donors (Lipinski definition) is 1. The smallest absolute Gasteiger partial charge is 0.275 e. The van der Waals surface area contributed by atoms with Gasteiger partial charge < -0.3 is 4.90 Å². The fourth-order valence-electron chi connectivity index (χ4n) is 3.28. The van der Waals surface area contributed by atoms with Gasteiger partial charge in [0.15, 0.2) is 5.69 Å². The van der Waals surface area contributed by atoms with E-state index < -0.39 is 0 Å². The van der Waals surface area contributed by atoms with E-state index >= 15 is 0 Å². The molecule has 0 bridgehead atoms. The van der Waals surface area contributed by atoms with Crippen LogP contribution in [-0.4, -0.2) is 43.9 Å². The molecule has 0 radical (unpaired) electrons. The second-order valence-electron chi connectivity index (χ2n) is 5.98. The van der Waals surface area contributed by atoms with Crippen LogP contribution < -0.4 is 5.56 Å². The van der Waals surface area contributed by atoms with Crippen molar-refractivity contribution in [3.05, 3.63) is 58.8 Å². The number of rotatable bonds is 2. The summed E-state index contributed by atoms with van der Waals surface area (Å²) in [6.07, 6.45) is 5.58. The number of H-pyrrole nitrogens is 1. The lowest BCUT2D eigenvalue weighted by Crippen LogP contribution is -2.41. The highest BCUT2D eigenvalue weighted by Crippen LogP contribution is 2.23. The summed E-state index contributed by atoms with van der Waals surface area (Å²) in [5, 5.41) is 11.8. The lowest BCUT2D eigenvalue weighted by atomic mass is 10.0. The molecule has 1 aliphatic rings. The van der Waals surface area contributed by atoms with Gasteiger partial charge in [0, 0.05) is 30.9 Å². The minimum absolute atomic E-state index is 0.153. The number of benzene rings is 1. The molecular formula is C17H17N5O2. The first-order valence-corrected chi connectivity index (χ1v) is 8.00. The molecule has 0 saturated carbocycles. The molecule has 24 heavy (non-hydrogen) atoms. The van der Waals surface area contributed by atoms with Gasteiger partial charge in [0.2, 0.25) is 0 Å². The third-order valence-electron chi connectivity index (χ3n) is 4.48. The fraction of sp³-hybridized carbons (Fsp3) is 0.294. The number of nitrogens with zero attached hydrogens (tertiary/aromatic N) is 4. The van der Waals surface area contributed by atoms with E-state index in [1.165, 1.54) is 0 Å². The molecule has 1 aliphatic heterocycles. The van der Waals surface area contributed by atoms with Crippen molar-refractivity contribution in [2.75, 3.05) is 13.1 Å². The average molecular weight is 323 g/mol. The summed E-state index contributed by atoms with van der Waals surface area (Å²) in [5.74, 6) is -0.153. The third-order valence-corrected chi connectivity index (χ3v) is 4.48. The summed E-state index contributed by atoms with van der Waals surface area (Å²) in [6.45, 7) is 1.28. The minimum Gasteiger partial charge on any atom is -0.335 e. The number of carbonyl (C=O) groups is 1. The second kappa shape index (κ2) is 5.92. The van der Waals surface area contributed by atoms with Crippen LogP contribution in [0, 0.1) is 0 Å². The predicted octanol–water partition coefficient (Wildman–Crippen LogP) is 1.60. The highest BCUT2D eigenvalue weighted by molar-refractivity contribution is 6.04. The SMILES string of the molecule is O=C(c1n[nH]c(=O)c2ccccc12)N1CCC[C@H](n2cccn2)C1. The molecule has 3 aromatic rings. The Bertz CT molecular complexity index is 932. The van der Waals surface area contributed by atoms with Crippen molar-refractivity contribution in [1.29, 1.82) is 0 Å². The van der Waals surface area contributed by atoms with Crippen LogP contribution in [0.15, 0.2) is 47.5 Å². The highest BCUT2D eigenvalue weighted by Gasteiger charge is 2.27. The number of piperidine rings is 1. The van der Waals surface area contributed by atoms with Crippen LogP contribution in [0.5, 0.6) is 0 Å². The van der Waals surface area contributed by atoms with Crippen LogP contribution in [0.3, 0.4) is 0 Å². The molecule has 3 heterocycles. The van der Waals surface area contributed by atoms with Gasteiger partial charge >= 0.3 is 0 Å². The highest BCUT2D eigenvalue weighted by atomic mass is 16.2. The first-order valence-electron chi connectivity index (χ1n) is 8.00. The average Bonchev–Trinajstić information content (AvgIpc) is 3.17. The largest absolute Gasteiger partial charge is 0.335 e. The van der Waals surface area contributed by atoms with Gasteiger partial charge in [0.25, 0.3) is 11.5 Å².